The van der Waals surface area contributed by atoms with Crippen LogP contribution in [0.15, 0.2) is 48.5 Å². The van der Waals surface area contributed by atoms with Gasteiger partial charge in [0.05, 0.1) is 0 Å². The molecule has 0 saturated carbocycles. The molecule has 0 unspecified atom stereocenters. The number of carbonyl (C=O) groups is 2. The van der Waals surface area contributed by atoms with Crippen molar-refractivity contribution in [3.8, 4) is 0 Å². The van der Waals surface area contributed by atoms with Gasteiger partial charge in [0.2, 0.25) is 5.91 Å². The molecule has 5 heteroatoms. The number of hydrogen-bond acceptors (Lipinski definition) is 3. The first-order valence-electron chi connectivity index (χ1n) is 7.46. The molecule has 0 bridgehead atoms. The smallest absolute Gasteiger partial charge is 0.251 e. The first-order valence-corrected chi connectivity index (χ1v) is 7.46. The van der Waals surface area contributed by atoms with Gasteiger partial charge in [0, 0.05) is 24.0 Å². The highest BCUT2D eigenvalue weighted by Crippen LogP contribution is 2.13. The van der Waals surface area contributed by atoms with E-state index in [9.17, 15) is 9.59 Å². The van der Waals surface area contributed by atoms with Crippen LogP contribution in [0.1, 0.15) is 22.8 Å². The molecule has 0 heterocycles. The van der Waals surface area contributed by atoms with Crippen molar-refractivity contribution in [1.82, 2.24) is 5.32 Å². The van der Waals surface area contributed by atoms with Gasteiger partial charge in [-0.15, -0.1) is 0 Å². The van der Waals surface area contributed by atoms with Gasteiger partial charge in [0.25, 0.3) is 5.91 Å². The van der Waals surface area contributed by atoms with Crippen LogP contribution in [0.2, 0.25) is 0 Å². The van der Waals surface area contributed by atoms with Crippen molar-refractivity contribution in [2.75, 3.05) is 17.7 Å². The second kappa shape index (κ2) is 7.45. The number of carbonyl (C=O) groups excluding carboxylic acids is 2. The van der Waals surface area contributed by atoms with Crippen LogP contribution in [0, 0.1) is 6.92 Å². The Kier molecular flexibility index (Phi) is 5.36. The minimum absolute atomic E-state index is 0.140. The monoisotopic (exact) mass is 311 g/mol. The van der Waals surface area contributed by atoms with E-state index >= 15 is 0 Å². The van der Waals surface area contributed by atoms with Crippen molar-refractivity contribution >= 4 is 23.2 Å². The molecular formula is C18H21N3O2. The topological polar surface area (TPSA) is 70.2 Å². The maximum Gasteiger partial charge on any atom is 0.251 e. The molecule has 0 radical (unpaired) electrons. The van der Waals surface area contributed by atoms with Crippen LogP contribution in [-0.4, -0.2) is 24.9 Å². The van der Waals surface area contributed by atoms with E-state index < -0.39 is 6.04 Å². The first kappa shape index (κ1) is 16.5. The van der Waals surface area contributed by atoms with Crippen LogP contribution in [-0.2, 0) is 4.79 Å². The van der Waals surface area contributed by atoms with Gasteiger partial charge >= 0.3 is 0 Å². The third-order valence-corrected chi connectivity index (χ3v) is 3.45. The second-order valence-corrected chi connectivity index (χ2v) is 5.38. The molecule has 5 nitrogen and oxygen atoms in total. The zero-order valence-corrected chi connectivity index (χ0v) is 13.5. The third kappa shape index (κ3) is 4.57. The molecule has 0 fully saturated rings. The summed E-state index contributed by atoms with van der Waals surface area (Å²) in [5.74, 6) is -0.301. The summed E-state index contributed by atoms with van der Waals surface area (Å²) in [5, 5.41) is 8.53. The average molecular weight is 311 g/mol. The van der Waals surface area contributed by atoms with E-state index in [0.29, 0.717) is 5.56 Å². The lowest BCUT2D eigenvalue weighted by Crippen LogP contribution is -2.32. The third-order valence-electron chi connectivity index (χ3n) is 3.45. The molecule has 0 aliphatic heterocycles. The molecule has 3 N–H and O–H groups in total. The molecule has 2 amide bonds. The van der Waals surface area contributed by atoms with Crippen molar-refractivity contribution < 1.29 is 9.59 Å². The van der Waals surface area contributed by atoms with Gasteiger partial charge in [-0.25, -0.2) is 0 Å². The minimum atomic E-state index is -0.434. The molecule has 1 atom stereocenters. The minimum Gasteiger partial charge on any atom is -0.374 e. The maximum atomic E-state index is 12.2. The lowest BCUT2D eigenvalue weighted by Gasteiger charge is -2.16. The predicted molar refractivity (Wildman–Crippen MR) is 92.7 cm³/mol. The predicted octanol–water partition coefficient (Wildman–Crippen LogP) is 2.79. The van der Waals surface area contributed by atoms with Crippen LogP contribution in [0.4, 0.5) is 11.4 Å². The van der Waals surface area contributed by atoms with Gasteiger partial charge in [0.1, 0.15) is 6.04 Å². The molecule has 2 aromatic carbocycles. The molecule has 120 valence electrons. The Labute approximate surface area is 136 Å². The molecule has 0 aliphatic carbocycles. The molecule has 0 aromatic heterocycles. The Morgan fingerprint density at radius 3 is 2.35 bits per heavy atom. The summed E-state index contributed by atoms with van der Waals surface area (Å²) < 4.78 is 0. The van der Waals surface area contributed by atoms with E-state index in [2.05, 4.69) is 16.0 Å². The van der Waals surface area contributed by atoms with E-state index in [0.717, 1.165) is 16.9 Å². The van der Waals surface area contributed by atoms with Gasteiger partial charge < -0.3 is 16.0 Å². The van der Waals surface area contributed by atoms with Crippen molar-refractivity contribution in [1.29, 1.82) is 0 Å². The van der Waals surface area contributed by atoms with Crippen LogP contribution < -0.4 is 16.0 Å². The summed E-state index contributed by atoms with van der Waals surface area (Å²) in [4.78, 5) is 23.9. The van der Waals surface area contributed by atoms with Gasteiger partial charge in [-0.2, -0.15) is 0 Å². The summed E-state index contributed by atoms with van der Waals surface area (Å²) in [5.41, 5.74) is 3.16. The fourth-order valence-corrected chi connectivity index (χ4v) is 2.10. The molecule has 0 aliphatic rings. The van der Waals surface area contributed by atoms with Crippen LogP contribution in [0.5, 0.6) is 0 Å². The zero-order chi connectivity index (χ0) is 16.8. The lowest BCUT2D eigenvalue weighted by molar-refractivity contribution is -0.116. The molecular weight excluding hydrogens is 290 g/mol. The van der Waals surface area contributed by atoms with Crippen molar-refractivity contribution in [2.45, 2.75) is 19.9 Å². The van der Waals surface area contributed by atoms with Gasteiger partial charge in [-0.1, -0.05) is 23.8 Å². The number of aryl methyl sites for hydroxylation is 1. The molecule has 2 rings (SSSR count). The maximum absolute atomic E-state index is 12.2. The van der Waals surface area contributed by atoms with E-state index in [1.54, 1.807) is 32.2 Å². The first-order chi connectivity index (χ1) is 11.0. The normalized spacial score (nSPS) is 11.4. The number of hydrogen-bond donors (Lipinski definition) is 3. The summed E-state index contributed by atoms with van der Waals surface area (Å²) in [6.45, 7) is 3.77. The molecule has 0 spiro atoms. The van der Waals surface area contributed by atoms with Gasteiger partial charge in [-0.3, -0.25) is 9.59 Å². The second-order valence-electron chi connectivity index (χ2n) is 5.38. The molecule has 2 aromatic rings. The fourth-order valence-electron chi connectivity index (χ4n) is 2.10. The number of nitrogens with one attached hydrogen (secondary N) is 3. The zero-order valence-electron chi connectivity index (χ0n) is 13.5. The highest BCUT2D eigenvalue weighted by Gasteiger charge is 2.13. The lowest BCUT2D eigenvalue weighted by atomic mass is 10.1. The van der Waals surface area contributed by atoms with Gasteiger partial charge in [0.15, 0.2) is 0 Å². The van der Waals surface area contributed by atoms with Crippen molar-refractivity contribution in [3.05, 3.63) is 59.7 Å². The Bertz CT molecular complexity index is 696. The number of amides is 2. The van der Waals surface area contributed by atoms with Crippen LogP contribution >= 0.6 is 0 Å². The van der Waals surface area contributed by atoms with Crippen molar-refractivity contribution in [3.63, 3.8) is 0 Å². The summed E-state index contributed by atoms with van der Waals surface area (Å²) in [6, 6.07) is 14.2. The van der Waals surface area contributed by atoms with E-state index in [1.165, 1.54) is 0 Å². The Hall–Kier alpha value is -2.82. The van der Waals surface area contributed by atoms with E-state index in [-0.39, 0.29) is 11.8 Å². The molecule has 23 heavy (non-hydrogen) atoms. The standard InChI is InChI=1S/C18H21N3O2/c1-12-7-9-15(10-8-12)21-17(22)13(2)20-16-6-4-5-14(11-16)18(23)19-3/h4-11,13,20H,1-3H3,(H,19,23)(H,21,22)/t13-/m0/s1. The summed E-state index contributed by atoms with van der Waals surface area (Å²) in [7, 11) is 1.58. The van der Waals surface area contributed by atoms with Gasteiger partial charge in [-0.05, 0) is 44.2 Å². The Morgan fingerprint density at radius 1 is 1.00 bits per heavy atom. The number of anilines is 2. The highest BCUT2D eigenvalue weighted by atomic mass is 16.2. The van der Waals surface area contributed by atoms with Crippen LogP contribution in [0.25, 0.3) is 0 Å². The van der Waals surface area contributed by atoms with E-state index in [1.807, 2.05) is 37.3 Å². The van der Waals surface area contributed by atoms with E-state index in [4.69, 9.17) is 0 Å². The quantitative estimate of drug-likeness (QED) is 0.795. The van der Waals surface area contributed by atoms with Crippen LogP contribution in [0.3, 0.4) is 0 Å². The van der Waals surface area contributed by atoms with Crippen molar-refractivity contribution in [2.24, 2.45) is 0 Å². The summed E-state index contributed by atoms with van der Waals surface area (Å²) in [6.07, 6.45) is 0. The molecule has 0 saturated heterocycles. The largest absolute Gasteiger partial charge is 0.374 e. The summed E-state index contributed by atoms with van der Waals surface area (Å²) >= 11 is 0. The number of rotatable bonds is 5. The fraction of sp³-hybridized carbons (Fsp3) is 0.222. The average Bonchev–Trinajstić information content (AvgIpc) is 2.56. The number of benzene rings is 2. The SMILES string of the molecule is CNC(=O)c1cccc(N[C@@H](C)C(=O)Nc2ccc(C)cc2)c1. The Morgan fingerprint density at radius 2 is 1.70 bits per heavy atom. The Balaban J connectivity index is 2.00. The highest BCUT2D eigenvalue weighted by molar-refractivity contribution is 5.97.